The molecular formula is C26H34N2O3. The minimum atomic E-state index is -0.640. The first kappa shape index (κ1) is 24.4. The molecule has 1 fully saturated rings. The normalized spacial score (nSPS) is 14.8. The van der Waals surface area contributed by atoms with Crippen LogP contribution in [0.3, 0.4) is 0 Å². The van der Waals surface area contributed by atoms with E-state index in [0.717, 1.165) is 37.9 Å². The van der Waals surface area contributed by atoms with Crippen LogP contribution < -0.4 is 5.32 Å². The third kappa shape index (κ3) is 6.53. The second-order valence-electron chi connectivity index (χ2n) is 7.46. The number of piperidine rings is 1. The average molecular weight is 423 g/mol. The standard InChI is InChI=1S/C24H30N2O3.C2H4/c1-3-18-9-7-8-12-21(18)19-13-15-26(16-14-19)22(27)17-25-23(24(28)29-2)20-10-5-4-6-11-20;1-2/h4-12,19,23,25H,3,13-17H2,1-2H3;1-2H2. The van der Waals surface area contributed by atoms with Gasteiger partial charge in [0.1, 0.15) is 6.04 Å². The molecule has 0 aliphatic carbocycles. The molecule has 1 unspecified atom stereocenters. The Hall–Kier alpha value is -2.92. The minimum Gasteiger partial charge on any atom is -0.468 e. The predicted molar refractivity (Wildman–Crippen MR) is 125 cm³/mol. The molecule has 1 aliphatic rings. The van der Waals surface area contributed by atoms with Gasteiger partial charge in [-0.05, 0) is 41.9 Å². The number of aryl methyl sites for hydroxylation is 1. The lowest BCUT2D eigenvalue weighted by Crippen LogP contribution is -2.44. The number of esters is 1. The zero-order valence-electron chi connectivity index (χ0n) is 18.7. The maximum atomic E-state index is 12.7. The largest absolute Gasteiger partial charge is 0.468 e. The summed E-state index contributed by atoms with van der Waals surface area (Å²) in [6, 6.07) is 17.3. The first-order valence-corrected chi connectivity index (χ1v) is 10.9. The van der Waals surface area contributed by atoms with E-state index in [-0.39, 0.29) is 18.4 Å². The third-order valence-electron chi connectivity index (χ3n) is 5.75. The van der Waals surface area contributed by atoms with Crippen molar-refractivity contribution in [1.82, 2.24) is 10.2 Å². The van der Waals surface area contributed by atoms with Gasteiger partial charge in [0.2, 0.25) is 5.91 Å². The Morgan fingerprint density at radius 3 is 2.29 bits per heavy atom. The molecular weight excluding hydrogens is 388 g/mol. The molecule has 1 N–H and O–H groups in total. The summed E-state index contributed by atoms with van der Waals surface area (Å²) in [4.78, 5) is 26.8. The van der Waals surface area contributed by atoms with E-state index in [1.165, 1.54) is 18.2 Å². The van der Waals surface area contributed by atoms with E-state index in [4.69, 9.17) is 4.74 Å². The van der Waals surface area contributed by atoms with E-state index in [0.29, 0.717) is 5.92 Å². The maximum absolute atomic E-state index is 12.7. The van der Waals surface area contributed by atoms with Gasteiger partial charge in [0, 0.05) is 13.1 Å². The van der Waals surface area contributed by atoms with E-state index >= 15 is 0 Å². The van der Waals surface area contributed by atoms with Gasteiger partial charge in [0.15, 0.2) is 0 Å². The van der Waals surface area contributed by atoms with Crippen LogP contribution in [0.15, 0.2) is 67.8 Å². The number of amides is 1. The van der Waals surface area contributed by atoms with Gasteiger partial charge in [0.25, 0.3) is 0 Å². The summed E-state index contributed by atoms with van der Waals surface area (Å²) in [5, 5.41) is 3.08. The molecule has 1 aliphatic heterocycles. The number of rotatable bonds is 7. The van der Waals surface area contributed by atoms with E-state index in [9.17, 15) is 9.59 Å². The van der Waals surface area contributed by atoms with Crippen molar-refractivity contribution in [3.8, 4) is 0 Å². The maximum Gasteiger partial charge on any atom is 0.327 e. The first-order chi connectivity index (χ1) is 15.1. The van der Waals surface area contributed by atoms with E-state index in [2.05, 4.69) is 49.7 Å². The summed E-state index contributed by atoms with van der Waals surface area (Å²) >= 11 is 0. The Labute approximate surface area is 186 Å². The predicted octanol–water partition coefficient (Wildman–Crippen LogP) is 4.26. The van der Waals surface area contributed by atoms with Crippen molar-refractivity contribution in [3.63, 3.8) is 0 Å². The molecule has 0 saturated carbocycles. The van der Waals surface area contributed by atoms with Gasteiger partial charge in [-0.2, -0.15) is 0 Å². The topological polar surface area (TPSA) is 58.6 Å². The van der Waals surface area contributed by atoms with Crippen LogP contribution in [-0.4, -0.2) is 43.5 Å². The molecule has 31 heavy (non-hydrogen) atoms. The number of likely N-dealkylation sites (tertiary alicyclic amines) is 1. The Bertz CT molecular complexity index is 830. The fourth-order valence-corrected chi connectivity index (χ4v) is 4.10. The van der Waals surface area contributed by atoms with Gasteiger partial charge in [-0.15, -0.1) is 13.2 Å². The van der Waals surface area contributed by atoms with Gasteiger partial charge >= 0.3 is 5.97 Å². The molecule has 5 nitrogen and oxygen atoms in total. The van der Waals surface area contributed by atoms with E-state index < -0.39 is 6.04 Å². The fourth-order valence-electron chi connectivity index (χ4n) is 4.10. The summed E-state index contributed by atoms with van der Waals surface area (Å²) in [6.07, 6.45) is 2.98. The Morgan fingerprint density at radius 2 is 1.68 bits per heavy atom. The molecule has 1 saturated heterocycles. The van der Waals surface area contributed by atoms with Crippen molar-refractivity contribution < 1.29 is 14.3 Å². The number of hydrogen-bond acceptors (Lipinski definition) is 4. The molecule has 166 valence electrons. The molecule has 0 bridgehead atoms. The van der Waals surface area contributed by atoms with Crippen LogP contribution in [0, 0.1) is 0 Å². The molecule has 5 heteroatoms. The van der Waals surface area contributed by atoms with Crippen molar-refractivity contribution in [2.45, 2.75) is 38.1 Å². The molecule has 1 atom stereocenters. The minimum absolute atomic E-state index is 0.0251. The average Bonchev–Trinajstić information content (AvgIpc) is 2.85. The zero-order chi connectivity index (χ0) is 22.6. The number of carbonyl (C=O) groups excluding carboxylic acids is 2. The van der Waals surface area contributed by atoms with Crippen molar-refractivity contribution in [1.29, 1.82) is 0 Å². The number of ether oxygens (including phenoxy) is 1. The molecule has 2 aromatic carbocycles. The second-order valence-corrected chi connectivity index (χ2v) is 7.46. The van der Waals surface area contributed by atoms with Crippen LogP contribution in [0.4, 0.5) is 0 Å². The molecule has 3 rings (SSSR count). The van der Waals surface area contributed by atoms with Crippen molar-refractivity contribution in [2.24, 2.45) is 0 Å². The van der Waals surface area contributed by atoms with Crippen LogP contribution >= 0.6 is 0 Å². The fraction of sp³-hybridized carbons (Fsp3) is 0.385. The van der Waals surface area contributed by atoms with Gasteiger partial charge in [-0.25, -0.2) is 4.79 Å². The van der Waals surface area contributed by atoms with E-state index in [1.807, 2.05) is 35.2 Å². The first-order valence-electron chi connectivity index (χ1n) is 10.9. The van der Waals surface area contributed by atoms with Crippen LogP contribution in [0.2, 0.25) is 0 Å². The van der Waals surface area contributed by atoms with Gasteiger partial charge in [-0.3, -0.25) is 10.1 Å². The molecule has 1 amide bonds. The quantitative estimate of drug-likeness (QED) is 0.535. The smallest absolute Gasteiger partial charge is 0.327 e. The molecule has 0 spiro atoms. The van der Waals surface area contributed by atoms with Crippen molar-refractivity contribution >= 4 is 11.9 Å². The van der Waals surface area contributed by atoms with Crippen molar-refractivity contribution in [3.05, 3.63) is 84.4 Å². The summed E-state index contributed by atoms with van der Waals surface area (Å²) in [7, 11) is 1.36. The molecule has 0 radical (unpaired) electrons. The number of nitrogens with one attached hydrogen (secondary N) is 1. The highest BCUT2D eigenvalue weighted by Crippen LogP contribution is 2.30. The third-order valence-corrected chi connectivity index (χ3v) is 5.75. The summed E-state index contributed by atoms with van der Waals surface area (Å²) in [5.41, 5.74) is 3.62. The monoisotopic (exact) mass is 422 g/mol. The summed E-state index contributed by atoms with van der Waals surface area (Å²) < 4.78 is 4.90. The number of carbonyl (C=O) groups is 2. The molecule has 2 aromatic rings. The number of hydrogen-bond donors (Lipinski definition) is 1. The molecule has 1 heterocycles. The van der Waals surface area contributed by atoms with Gasteiger partial charge < -0.3 is 9.64 Å². The van der Waals surface area contributed by atoms with Crippen LogP contribution in [0.5, 0.6) is 0 Å². The highest BCUT2D eigenvalue weighted by molar-refractivity contribution is 5.81. The second kappa shape index (κ2) is 12.7. The van der Waals surface area contributed by atoms with Crippen LogP contribution in [0.25, 0.3) is 0 Å². The van der Waals surface area contributed by atoms with Gasteiger partial charge in [0.05, 0.1) is 13.7 Å². The lowest BCUT2D eigenvalue weighted by Gasteiger charge is -2.33. The van der Waals surface area contributed by atoms with Gasteiger partial charge in [-0.1, -0.05) is 61.5 Å². The SMILES string of the molecule is C=C.CCc1ccccc1C1CCN(C(=O)CNC(C(=O)OC)c2ccccc2)CC1. The highest BCUT2D eigenvalue weighted by atomic mass is 16.5. The van der Waals surface area contributed by atoms with E-state index in [1.54, 1.807) is 0 Å². The van der Waals surface area contributed by atoms with Crippen LogP contribution in [-0.2, 0) is 20.7 Å². The Kier molecular flexibility index (Phi) is 9.98. The van der Waals surface area contributed by atoms with Crippen LogP contribution in [0.1, 0.15) is 48.4 Å². The molecule has 0 aromatic heterocycles. The lowest BCUT2D eigenvalue weighted by atomic mass is 9.86. The highest BCUT2D eigenvalue weighted by Gasteiger charge is 2.27. The lowest BCUT2D eigenvalue weighted by molar-refractivity contribution is -0.143. The Balaban J connectivity index is 0.00000166. The number of benzene rings is 2. The summed E-state index contributed by atoms with van der Waals surface area (Å²) in [5.74, 6) is 0.145. The number of methoxy groups -OCH3 is 1. The zero-order valence-corrected chi connectivity index (χ0v) is 18.7. The van der Waals surface area contributed by atoms with Crippen molar-refractivity contribution in [2.75, 3.05) is 26.7 Å². The summed E-state index contributed by atoms with van der Waals surface area (Å²) in [6.45, 7) is 9.80. The Morgan fingerprint density at radius 1 is 1.06 bits per heavy atom. The number of nitrogens with zero attached hydrogens (tertiary/aromatic N) is 1.